The number of aliphatic hydroxyl groups excluding tert-OH is 1. The van der Waals surface area contributed by atoms with E-state index in [1.165, 1.54) is 4.90 Å². The number of carbonyl (C=O) groups excluding carboxylic acids is 3. The summed E-state index contributed by atoms with van der Waals surface area (Å²) in [7, 11) is 0. The summed E-state index contributed by atoms with van der Waals surface area (Å²) in [6.07, 6.45) is 1.54. The molecule has 0 aliphatic heterocycles. The molecule has 0 heterocycles. The molecule has 2 atom stereocenters. The van der Waals surface area contributed by atoms with Gasteiger partial charge >= 0.3 is 6.09 Å². The zero-order valence-corrected chi connectivity index (χ0v) is 24.8. The van der Waals surface area contributed by atoms with Gasteiger partial charge in [-0.1, -0.05) is 61.7 Å². The summed E-state index contributed by atoms with van der Waals surface area (Å²) in [4.78, 5) is 42.0. The summed E-state index contributed by atoms with van der Waals surface area (Å²) < 4.78 is 5.31. The minimum Gasteiger partial charge on any atom is -0.444 e. The number of hydrogen-bond acceptors (Lipinski definition) is 5. The molecule has 2 rings (SSSR count). The molecular formula is C30H42ClN3O5. The standard InChI is InChI=1S/C30H42ClN3O5/c1-8-9-10-17-34(28(37)23(18-35)32-29(38)39-30(5,6)7)26(24-19(2)13-11-14-20(24)3)27(36)33-25-21(4)15-12-16-22(25)31/h11-16,23,26,35H,8-10,17-18H2,1-7H3,(H,32,38)(H,33,36). The van der Waals surface area contributed by atoms with Crippen molar-refractivity contribution in [1.82, 2.24) is 10.2 Å². The van der Waals surface area contributed by atoms with Crippen molar-refractivity contribution in [3.8, 4) is 0 Å². The summed E-state index contributed by atoms with van der Waals surface area (Å²) in [5.41, 5.74) is 2.80. The van der Waals surface area contributed by atoms with Crippen LogP contribution in [0.2, 0.25) is 5.02 Å². The highest BCUT2D eigenvalue weighted by atomic mass is 35.5. The van der Waals surface area contributed by atoms with Crippen molar-refractivity contribution >= 4 is 35.2 Å². The van der Waals surface area contributed by atoms with Crippen LogP contribution in [0.1, 0.15) is 75.3 Å². The van der Waals surface area contributed by atoms with Crippen LogP contribution < -0.4 is 10.6 Å². The number of ether oxygens (including phenoxy) is 1. The Bertz CT molecular complexity index is 1120. The highest BCUT2D eigenvalue weighted by molar-refractivity contribution is 6.34. The number of nitrogens with zero attached hydrogens (tertiary/aromatic N) is 1. The van der Waals surface area contributed by atoms with Crippen molar-refractivity contribution in [1.29, 1.82) is 0 Å². The number of aryl methyl sites for hydroxylation is 3. The lowest BCUT2D eigenvalue weighted by atomic mass is 9.93. The lowest BCUT2D eigenvalue weighted by Gasteiger charge is -2.35. The van der Waals surface area contributed by atoms with Crippen LogP contribution >= 0.6 is 11.6 Å². The fourth-order valence-corrected chi connectivity index (χ4v) is 4.67. The number of benzene rings is 2. The number of amides is 3. The van der Waals surface area contributed by atoms with Gasteiger partial charge in [0.25, 0.3) is 5.91 Å². The van der Waals surface area contributed by atoms with Crippen LogP contribution in [0, 0.1) is 20.8 Å². The number of halogens is 1. The van der Waals surface area contributed by atoms with Crippen LogP contribution in [0.25, 0.3) is 0 Å². The fraction of sp³-hybridized carbons (Fsp3) is 0.500. The highest BCUT2D eigenvalue weighted by Crippen LogP contribution is 2.32. The topological polar surface area (TPSA) is 108 Å². The summed E-state index contributed by atoms with van der Waals surface area (Å²) in [5, 5.41) is 15.9. The van der Waals surface area contributed by atoms with Gasteiger partial charge in [-0.05, 0) is 76.3 Å². The van der Waals surface area contributed by atoms with Crippen LogP contribution in [0.15, 0.2) is 36.4 Å². The quantitative estimate of drug-likeness (QED) is 0.299. The first-order chi connectivity index (χ1) is 18.3. The number of unbranched alkanes of at least 4 members (excludes halogenated alkanes) is 2. The van der Waals surface area contributed by atoms with E-state index in [2.05, 4.69) is 10.6 Å². The Morgan fingerprint density at radius 3 is 2.13 bits per heavy atom. The Balaban J connectivity index is 2.60. The maximum atomic E-state index is 14.1. The minimum absolute atomic E-state index is 0.243. The monoisotopic (exact) mass is 559 g/mol. The third-order valence-electron chi connectivity index (χ3n) is 6.30. The molecule has 2 unspecified atom stereocenters. The Morgan fingerprint density at radius 1 is 1.00 bits per heavy atom. The molecule has 2 aromatic rings. The van der Waals surface area contributed by atoms with Gasteiger partial charge in [-0.2, -0.15) is 0 Å². The van der Waals surface area contributed by atoms with E-state index in [-0.39, 0.29) is 6.54 Å². The van der Waals surface area contributed by atoms with Crippen LogP contribution in [-0.2, 0) is 14.3 Å². The van der Waals surface area contributed by atoms with Crippen LogP contribution in [0.4, 0.5) is 10.5 Å². The number of para-hydroxylation sites is 1. The molecular weight excluding hydrogens is 518 g/mol. The number of carbonyl (C=O) groups is 3. The molecule has 0 aliphatic rings. The van der Waals surface area contributed by atoms with Crippen molar-refractivity contribution < 1.29 is 24.2 Å². The Morgan fingerprint density at radius 2 is 1.59 bits per heavy atom. The predicted molar refractivity (Wildman–Crippen MR) is 155 cm³/mol. The molecule has 0 saturated carbocycles. The van der Waals surface area contributed by atoms with Crippen molar-refractivity contribution in [3.05, 3.63) is 63.7 Å². The first-order valence-electron chi connectivity index (χ1n) is 13.3. The average molecular weight is 560 g/mol. The first kappa shape index (κ1) is 32.1. The van der Waals surface area contributed by atoms with Gasteiger partial charge < -0.3 is 25.4 Å². The second-order valence-corrected chi connectivity index (χ2v) is 11.2. The lowest BCUT2D eigenvalue weighted by molar-refractivity contribution is -0.141. The molecule has 0 spiro atoms. The summed E-state index contributed by atoms with van der Waals surface area (Å²) in [6, 6.07) is 8.65. The van der Waals surface area contributed by atoms with E-state index in [1.54, 1.807) is 32.9 Å². The average Bonchev–Trinajstić information content (AvgIpc) is 2.84. The first-order valence-corrected chi connectivity index (χ1v) is 13.7. The maximum absolute atomic E-state index is 14.1. The number of nitrogens with one attached hydrogen (secondary N) is 2. The van der Waals surface area contributed by atoms with E-state index in [1.807, 2.05) is 52.0 Å². The molecule has 0 fully saturated rings. The molecule has 8 nitrogen and oxygen atoms in total. The second-order valence-electron chi connectivity index (χ2n) is 10.7. The fourth-order valence-electron chi connectivity index (χ4n) is 4.40. The van der Waals surface area contributed by atoms with E-state index < -0.39 is 42.2 Å². The number of hydrogen-bond donors (Lipinski definition) is 3. The molecule has 2 aromatic carbocycles. The highest BCUT2D eigenvalue weighted by Gasteiger charge is 2.37. The van der Waals surface area contributed by atoms with Crippen molar-refractivity contribution in [3.63, 3.8) is 0 Å². The Kier molecular flexibility index (Phi) is 11.8. The van der Waals surface area contributed by atoms with Crippen molar-refractivity contribution in [2.75, 3.05) is 18.5 Å². The molecule has 3 amide bonds. The number of alkyl carbamates (subject to hydrolysis) is 1. The van der Waals surface area contributed by atoms with E-state index in [4.69, 9.17) is 16.3 Å². The van der Waals surface area contributed by atoms with Gasteiger partial charge in [-0.15, -0.1) is 0 Å². The zero-order valence-electron chi connectivity index (χ0n) is 24.1. The number of rotatable bonds is 11. The second kappa shape index (κ2) is 14.3. The molecule has 9 heteroatoms. The van der Waals surface area contributed by atoms with Gasteiger partial charge in [-0.25, -0.2) is 4.79 Å². The van der Waals surface area contributed by atoms with E-state index in [0.29, 0.717) is 22.7 Å². The third-order valence-corrected chi connectivity index (χ3v) is 6.62. The van der Waals surface area contributed by atoms with Crippen molar-refractivity contribution in [2.45, 2.75) is 85.4 Å². The third kappa shape index (κ3) is 8.97. The van der Waals surface area contributed by atoms with Gasteiger partial charge in [0, 0.05) is 6.54 Å². The summed E-state index contributed by atoms with van der Waals surface area (Å²) >= 11 is 6.42. The molecule has 3 N–H and O–H groups in total. The van der Waals surface area contributed by atoms with Crippen molar-refractivity contribution in [2.24, 2.45) is 0 Å². The molecule has 0 aromatic heterocycles. The Hall–Kier alpha value is -3.10. The molecule has 214 valence electrons. The summed E-state index contributed by atoms with van der Waals surface area (Å²) in [6.45, 7) is 12.4. The van der Waals surface area contributed by atoms with Crippen LogP contribution in [0.3, 0.4) is 0 Å². The summed E-state index contributed by atoms with van der Waals surface area (Å²) in [5.74, 6) is -1.03. The largest absolute Gasteiger partial charge is 0.444 e. The Labute approximate surface area is 237 Å². The molecule has 0 saturated heterocycles. The molecule has 39 heavy (non-hydrogen) atoms. The van der Waals surface area contributed by atoms with E-state index in [0.717, 1.165) is 29.5 Å². The number of aliphatic hydroxyl groups is 1. The van der Waals surface area contributed by atoms with Gasteiger partial charge in [0.15, 0.2) is 0 Å². The molecule has 0 bridgehead atoms. The molecule has 0 radical (unpaired) electrons. The zero-order chi connectivity index (χ0) is 29.3. The predicted octanol–water partition coefficient (Wildman–Crippen LogP) is 5.85. The van der Waals surface area contributed by atoms with Crippen LogP contribution in [0.5, 0.6) is 0 Å². The lowest BCUT2D eigenvalue weighted by Crippen LogP contribution is -2.54. The normalized spacial score (nSPS) is 12.8. The van der Waals surface area contributed by atoms with E-state index >= 15 is 0 Å². The van der Waals surface area contributed by atoms with Gasteiger partial charge in [0.2, 0.25) is 5.91 Å². The van der Waals surface area contributed by atoms with Gasteiger partial charge in [0.1, 0.15) is 17.7 Å². The SMILES string of the molecule is CCCCCN(C(=O)C(CO)NC(=O)OC(C)(C)C)C(C(=O)Nc1c(C)cccc1Cl)c1c(C)cccc1C. The molecule has 0 aliphatic carbocycles. The smallest absolute Gasteiger partial charge is 0.408 e. The number of anilines is 1. The van der Waals surface area contributed by atoms with Crippen LogP contribution in [-0.4, -0.2) is 52.7 Å². The van der Waals surface area contributed by atoms with Gasteiger partial charge in [-0.3, -0.25) is 9.59 Å². The van der Waals surface area contributed by atoms with E-state index in [9.17, 15) is 19.5 Å². The van der Waals surface area contributed by atoms with Gasteiger partial charge in [0.05, 0.1) is 17.3 Å². The minimum atomic E-state index is -1.30. The maximum Gasteiger partial charge on any atom is 0.408 e.